The van der Waals surface area contributed by atoms with Gasteiger partial charge in [0.1, 0.15) is 11.5 Å². The first kappa shape index (κ1) is 46.5. The van der Waals surface area contributed by atoms with Crippen molar-refractivity contribution in [3.8, 4) is 28.3 Å². The van der Waals surface area contributed by atoms with E-state index in [-0.39, 0.29) is 27.5 Å². The van der Waals surface area contributed by atoms with Gasteiger partial charge in [0.2, 0.25) is 0 Å². The zero-order valence-electron chi connectivity index (χ0n) is 37.8. The number of hydrogen-bond acceptors (Lipinski definition) is 4. The van der Waals surface area contributed by atoms with Crippen LogP contribution in [0.2, 0.25) is 0 Å². The molecule has 2 N–H and O–H groups in total. The number of fused-ring (bicyclic) bond motifs is 6. The van der Waals surface area contributed by atoms with Crippen LogP contribution in [0, 0.1) is 27.7 Å². The van der Waals surface area contributed by atoms with Gasteiger partial charge in [-0.2, -0.15) is 49.2 Å². The molecular weight excluding hydrogens is 833 g/mol. The van der Waals surface area contributed by atoms with Crippen LogP contribution >= 0.6 is 0 Å². The molecule has 1 heterocycles. The van der Waals surface area contributed by atoms with E-state index < -0.39 is 5.41 Å². The summed E-state index contributed by atoms with van der Waals surface area (Å²) in [4.78, 5) is 2.25. The Balaban J connectivity index is 0.000000359. The van der Waals surface area contributed by atoms with Crippen molar-refractivity contribution in [1.82, 2.24) is 9.47 Å². The van der Waals surface area contributed by atoms with Crippen LogP contribution in [0.4, 0.5) is 0 Å². The molecule has 6 heteroatoms. The maximum atomic E-state index is 12.2. The average molecular weight is 889 g/mol. The van der Waals surface area contributed by atoms with E-state index in [0.29, 0.717) is 32.0 Å². The van der Waals surface area contributed by atoms with Crippen molar-refractivity contribution in [3.63, 3.8) is 0 Å². The predicted molar refractivity (Wildman–Crippen MR) is 265 cm³/mol. The number of para-hydroxylation sites is 2. The van der Waals surface area contributed by atoms with Crippen molar-refractivity contribution < 1.29 is 36.7 Å². The molecule has 323 valence electrons. The van der Waals surface area contributed by atoms with Crippen molar-refractivity contribution in [3.05, 3.63) is 246 Å². The molecule has 1 aliphatic carbocycles. The Morgan fingerprint density at radius 1 is 0.538 bits per heavy atom. The van der Waals surface area contributed by atoms with Crippen molar-refractivity contribution in [2.24, 2.45) is 0 Å². The Morgan fingerprint density at radius 2 is 0.969 bits per heavy atom. The van der Waals surface area contributed by atoms with Crippen LogP contribution in [0.5, 0.6) is 11.5 Å². The van der Waals surface area contributed by atoms with Gasteiger partial charge in [-0.1, -0.05) is 121 Å². The van der Waals surface area contributed by atoms with E-state index in [1.54, 1.807) is 7.11 Å². The zero-order valence-corrected chi connectivity index (χ0v) is 39.3. The van der Waals surface area contributed by atoms with Crippen LogP contribution in [0.25, 0.3) is 38.6 Å². The van der Waals surface area contributed by atoms with Gasteiger partial charge in [0.25, 0.3) is 0 Å². The summed E-state index contributed by atoms with van der Waals surface area (Å²) in [6.45, 7) is 16.0. The molecule has 0 bridgehead atoms. The Hall–Kier alpha value is -6.47. The molecule has 0 amide bonds. The Kier molecular flexibility index (Phi) is 14.7. The second-order valence-corrected chi connectivity index (χ2v) is 16.9. The van der Waals surface area contributed by atoms with E-state index in [9.17, 15) is 10.2 Å². The standard InChI is InChI=1S/C45H42N2O3.2C7H7.Ti/c1-29-23-31(43(48)39(25-29)45(3)37-17-9-5-13-33(37)34-14-6-10-18-38(34)45)27-46(21-22-50-4)28-32-24-30(2)26-42(44(32)49)47-40-19-11-7-15-35(40)36-16-8-12-20-41(36)47;2*1-7-5-3-2-4-6-7;/h5-20,23-26,48-49H,21-22,27-28H2,1-4H3;2*2-6H,1H2;/q;2*-1;+3. The number of benzene rings is 8. The molecule has 9 aromatic rings. The molecule has 1 aromatic heterocycles. The molecule has 65 heavy (non-hydrogen) atoms. The Bertz CT molecular complexity index is 2900. The third-order valence-corrected chi connectivity index (χ3v) is 12.3. The maximum Gasteiger partial charge on any atom is 3.00 e. The summed E-state index contributed by atoms with van der Waals surface area (Å²) < 4.78 is 7.74. The molecule has 0 saturated carbocycles. The number of phenolic OH excluding ortho intramolecular Hbond substituents is 2. The van der Waals surface area contributed by atoms with Gasteiger partial charge in [0.05, 0.1) is 23.3 Å². The van der Waals surface area contributed by atoms with Gasteiger partial charge < -0.3 is 19.5 Å². The van der Waals surface area contributed by atoms with E-state index in [0.717, 1.165) is 66.4 Å². The first-order valence-corrected chi connectivity index (χ1v) is 21.9. The fourth-order valence-electron chi connectivity index (χ4n) is 9.28. The van der Waals surface area contributed by atoms with Gasteiger partial charge in [-0.25, -0.2) is 0 Å². The van der Waals surface area contributed by atoms with Crippen molar-refractivity contribution >= 4 is 21.8 Å². The van der Waals surface area contributed by atoms with E-state index in [4.69, 9.17) is 4.74 Å². The zero-order chi connectivity index (χ0) is 44.8. The van der Waals surface area contributed by atoms with E-state index in [1.165, 1.54) is 22.3 Å². The summed E-state index contributed by atoms with van der Waals surface area (Å²) in [6, 6.07) is 61.9. The van der Waals surface area contributed by atoms with Crippen molar-refractivity contribution in [2.45, 2.75) is 39.3 Å². The smallest absolute Gasteiger partial charge is 0.507 e. The number of aromatic nitrogens is 1. The van der Waals surface area contributed by atoms with E-state index in [2.05, 4.69) is 153 Å². The van der Waals surface area contributed by atoms with Gasteiger partial charge in [-0.05, 0) is 66.8 Å². The summed E-state index contributed by atoms with van der Waals surface area (Å²) in [5.41, 5.74) is 14.1. The van der Waals surface area contributed by atoms with Crippen molar-refractivity contribution in [2.75, 3.05) is 20.3 Å². The SMILES string of the molecule is COCCN(Cc1cc(C)cc(-n2c3ccccc3c3ccccc32)c1O)Cc1cc(C)cc(C2(C)c3ccccc3-c3ccccc32)c1O.[CH2-]c1ccccc1.[CH2-]c1ccccc1.[Ti+3]. The number of aromatic hydroxyl groups is 2. The van der Waals surface area contributed by atoms with Crippen LogP contribution in [0.15, 0.2) is 182 Å². The summed E-state index contributed by atoms with van der Waals surface area (Å²) in [5.74, 6) is 0.566. The number of hydrogen-bond donors (Lipinski definition) is 2. The van der Waals surface area contributed by atoms with Crippen LogP contribution < -0.4 is 0 Å². The molecule has 0 aliphatic heterocycles. The normalized spacial score (nSPS) is 12.1. The fraction of sp³-hybridized carbons (Fsp3) is 0.153. The monoisotopic (exact) mass is 888 g/mol. The number of aryl methyl sites for hydroxylation is 2. The predicted octanol–water partition coefficient (Wildman–Crippen LogP) is 13.5. The molecule has 0 spiro atoms. The molecule has 10 rings (SSSR count). The van der Waals surface area contributed by atoms with E-state index in [1.807, 2.05) is 72.8 Å². The van der Waals surface area contributed by atoms with Crippen LogP contribution in [-0.2, 0) is 45.0 Å². The van der Waals surface area contributed by atoms with Gasteiger partial charge in [-0.15, -0.1) is 24.3 Å². The molecule has 8 aromatic carbocycles. The minimum absolute atomic E-state index is 0. The molecule has 1 radical (unpaired) electrons. The minimum Gasteiger partial charge on any atom is -0.507 e. The Labute approximate surface area is 399 Å². The quantitative estimate of drug-likeness (QED) is 0.112. The Morgan fingerprint density at radius 3 is 1.45 bits per heavy atom. The number of rotatable bonds is 9. The van der Waals surface area contributed by atoms with Gasteiger partial charge >= 0.3 is 21.7 Å². The molecule has 0 fully saturated rings. The second-order valence-electron chi connectivity index (χ2n) is 16.9. The van der Waals surface area contributed by atoms with Gasteiger partial charge in [-0.3, -0.25) is 4.90 Å². The molecule has 5 nitrogen and oxygen atoms in total. The second kappa shape index (κ2) is 20.6. The molecular formula is C59H56N2O3Ti+. The molecule has 0 saturated heterocycles. The first-order chi connectivity index (χ1) is 31.1. The number of ether oxygens (including phenoxy) is 1. The van der Waals surface area contributed by atoms with E-state index >= 15 is 0 Å². The number of methoxy groups -OCH3 is 1. The van der Waals surface area contributed by atoms with Crippen LogP contribution in [0.3, 0.4) is 0 Å². The van der Waals surface area contributed by atoms with Gasteiger partial charge in [0, 0.05) is 59.6 Å². The summed E-state index contributed by atoms with van der Waals surface area (Å²) in [7, 11) is 1.71. The maximum absolute atomic E-state index is 12.2. The fourth-order valence-corrected chi connectivity index (χ4v) is 9.28. The third-order valence-electron chi connectivity index (χ3n) is 12.3. The summed E-state index contributed by atoms with van der Waals surface area (Å²) in [5, 5.41) is 26.5. The average Bonchev–Trinajstić information content (AvgIpc) is 3.78. The summed E-state index contributed by atoms with van der Waals surface area (Å²) in [6.07, 6.45) is 0. The van der Waals surface area contributed by atoms with Gasteiger partial charge in [0.15, 0.2) is 0 Å². The molecule has 0 atom stereocenters. The minimum atomic E-state index is -0.512. The largest absolute Gasteiger partial charge is 3.00 e. The van der Waals surface area contributed by atoms with Crippen molar-refractivity contribution in [1.29, 1.82) is 0 Å². The topological polar surface area (TPSA) is 57.9 Å². The summed E-state index contributed by atoms with van der Waals surface area (Å²) >= 11 is 0. The first-order valence-electron chi connectivity index (χ1n) is 21.9. The molecule has 0 unspecified atom stereocenters. The number of nitrogens with zero attached hydrogens (tertiary/aromatic N) is 2. The van der Waals surface area contributed by atoms with Crippen LogP contribution in [0.1, 0.15) is 57.0 Å². The van der Waals surface area contributed by atoms with Crippen LogP contribution in [-0.4, -0.2) is 39.9 Å². The third kappa shape index (κ3) is 9.66. The number of phenols is 2. The molecule has 1 aliphatic rings.